The molecule has 0 unspecified atom stereocenters. The first-order chi connectivity index (χ1) is 14.8. The van der Waals surface area contributed by atoms with Gasteiger partial charge in [0.2, 0.25) is 5.91 Å². The van der Waals surface area contributed by atoms with E-state index in [1.165, 1.54) is 14.3 Å². The molecule has 1 spiro atoms. The molecule has 3 saturated heterocycles. The maximum absolute atomic E-state index is 13.1. The zero-order valence-corrected chi connectivity index (χ0v) is 18.9. The number of carbonyl (C=O) groups is 4. The second-order valence-corrected chi connectivity index (χ2v) is 11.1. The standard InChI is InChI=1S/C21H24N4O4S2/c1-13-8-14-15(30-13)9-16(31-14)19(28)24-7-4-21(12-24)2-5-23(6-3-21)18(27)11-25-17(26)10-22-20(25)29/h8-9H,2-7,10-12H2,1H3,(H,22,29). The number of nitrogens with one attached hydrogen (secondary N) is 1. The van der Waals surface area contributed by atoms with E-state index in [1.807, 2.05) is 11.0 Å². The molecule has 0 bridgehead atoms. The molecule has 3 fully saturated rings. The van der Waals surface area contributed by atoms with Crippen molar-refractivity contribution in [1.82, 2.24) is 20.0 Å². The van der Waals surface area contributed by atoms with E-state index in [0.29, 0.717) is 13.1 Å². The van der Waals surface area contributed by atoms with Crippen LogP contribution in [0.25, 0.3) is 9.40 Å². The number of thiophene rings is 2. The lowest BCUT2D eigenvalue weighted by Crippen LogP contribution is -2.48. The van der Waals surface area contributed by atoms with Gasteiger partial charge in [-0.15, -0.1) is 22.7 Å². The summed E-state index contributed by atoms with van der Waals surface area (Å²) in [5, 5.41) is 2.44. The van der Waals surface area contributed by atoms with Gasteiger partial charge >= 0.3 is 6.03 Å². The monoisotopic (exact) mass is 460 g/mol. The van der Waals surface area contributed by atoms with E-state index in [4.69, 9.17) is 0 Å². The predicted octanol–water partition coefficient (Wildman–Crippen LogP) is 2.28. The summed E-state index contributed by atoms with van der Waals surface area (Å²) in [5.41, 5.74) is 0.0541. The molecule has 8 nitrogen and oxygen atoms in total. The topological polar surface area (TPSA) is 90.0 Å². The van der Waals surface area contributed by atoms with E-state index in [0.717, 1.165) is 42.1 Å². The van der Waals surface area contributed by atoms with Crippen molar-refractivity contribution < 1.29 is 19.2 Å². The number of imide groups is 1. The molecule has 10 heteroatoms. The highest BCUT2D eigenvalue weighted by Gasteiger charge is 2.43. The number of rotatable bonds is 3. The van der Waals surface area contributed by atoms with Crippen LogP contribution in [0.5, 0.6) is 0 Å². The minimum Gasteiger partial charge on any atom is -0.341 e. The summed E-state index contributed by atoms with van der Waals surface area (Å²) in [6.45, 7) is 4.51. The van der Waals surface area contributed by atoms with E-state index in [-0.39, 0.29) is 36.2 Å². The number of fused-ring (bicyclic) bond motifs is 1. The maximum atomic E-state index is 13.1. The first kappa shape index (κ1) is 20.4. The van der Waals surface area contributed by atoms with E-state index < -0.39 is 6.03 Å². The zero-order chi connectivity index (χ0) is 21.8. The third-order valence-corrected chi connectivity index (χ3v) is 8.87. The van der Waals surface area contributed by atoms with Gasteiger partial charge in [0, 0.05) is 40.5 Å². The molecule has 5 amide bonds. The third kappa shape index (κ3) is 3.71. The van der Waals surface area contributed by atoms with Crippen LogP contribution in [-0.2, 0) is 9.59 Å². The summed E-state index contributed by atoms with van der Waals surface area (Å²) >= 11 is 3.29. The number of urea groups is 1. The molecule has 1 N–H and O–H groups in total. The van der Waals surface area contributed by atoms with Crippen molar-refractivity contribution in [1.29, 1.82) is 0 Å². The van der Waals surface area contributed by atoms with Gasteiger partial charge in [-0.2, -0.15) is 0 Å². The summed E-state index contributed by atoms with van der Waals surface area (Å²) in [6.07, 6.45) is 2.62. The Morgan fingerprint density at radius 2 is 1.71 bits per heavy atom. The van der Waals surface area contributed by atoms with Crippen LogP contribution in [0.4, 0.5) is 4.79 Å². The van der Waals surface area contributed by atoms with Crippen molar-refractivity contribution in [2.45, 2.75) is 26.2 Å². The number of likely N-dealkylation sites (tertiary alicyclic amines) is 2. The number of hydrogen-bond acceptors (Lipinski definition) is 6. The molecular weight excluding hydrogens is 436 g/mol. The normalized spacial score (nSPS) is 20.9. The van der Waals surface area contributed by atoms with Gasteiger partial charge in [0.25, 0.3) is 11.8 Å². The molecule has 0 saturated carbocycles. The molecule has 0 radical (unpaired) electrons. The molecule has 3 aliphatic rings. The van der Waals surface area contributed by atoms with Crippen LogP contribution in [0.1, 0.15) is 33.8 Å². The van der Waals surface area contributed by atoms with Gasteiger partial charge in [0.05, 0.1) is 11.4 Å². The van der Waals surface area contributed by atoms with E-state index >= 15 is 0 Å². The quantitative estimate of drug-likeness (QED) is 0.712. The van der Waals surface area contributed by atoms with E-state index in [1.54, 1.807) is 27.6 Å². The maximum Gasteiger partial charge on any atom is 0.325 e. The molecule has 0 atom stereocenters. The Labute approximate surface area is 187 Å². The lowest BCUT2D eigenvalue weighted by atomic mass is 9.78. The Balaban J connectivity index is 1.18. The Morgan fingerprint density at radius 1 is 1.03 bits per heavy atom. The SMILES string of the molecule is Cc1cc2sc(C(=O)N3CCC4(CCN(C(=O)CN5C(=O)CNC5=O)CC4)C3)cc2s1. The van der Waals surface area contributed by atoms with Crippen LogP contribution in [0, 0.1) is 12.3 Å². The van der Waals surface area contributed by atoms with Crippen LogP contribution in [-0.4, -0.2) is 77.7 Å². The Bertz CT molecular complexity index is 1040. The van der Waals surface area contributed by atoms with Crippen LogP contribution in [0.2, 0.25) is 0 Å². The summed E-state index contributed by atoms with van der Waals surface area (Å²) < 4.78 is 2.36. The Morgan fingerprint density at radius 3 is 2.35 bits per heavy atom. The second kappa shape index (κ2) is 7.59. The summed E-state index contributed by atoms with van der Waals surface area (Å²) in [4.78, 5) is 55.8. The van der Waals surface area contributed by atoms with Gasteiger partial charge in [-0.3, -0.25) is 19.3 Å². The van der Waals surface area contributed by atoms with Gasteiger partial charge < -0.3 is 15.1 Å². The van der Waals surface area contributed by atoms with Gasteiger partial charge in [-0.1, -0.05) is 0 Å². The molecule has 0 aromatic carbocycles. The Hall–Kier alpha value is -2.46. The minimum atomic E-state index is -0.500. The van der Waals surface area contributed by atoms with Crippen molar-refractivity contribution in [2.75, 3.05) is 39.3 Å². The first-order valence-electron chi connectivity index (χ1n) is 10.5. The van der Waals surface area contributed by atoms with Crippen molar-refractivity contribution in [3.63, 3.8) is 0 Å². The summed E-state index contributed by atoms with van der Waals surface area (Å²) in [5.74, 6) is -0.444. The van der Waals surface area contributed by atoms with Crippen molar-refractivity contribution >= 4 is 55.8 Å². The highest BCUT2D eigenvalue weighted by atomic mass is 32.1. The van der Waals surface area contributed by atoms with Gasteiger partial charge in [0.15, 0.2) is 0 Å². The fraction of sp³-hybridized carbons (Fsp3) is 0.524. The van der Waals surface area contributed by atoms with E-state index in [2.05, 4.69) is 18.3 Å². The predicted molar refractivity (Wildman–Crippen MR) is 118 cm³/mol. The molecule has 2 aromatic rings. The highest BCUT2D eigenvalue weighted by molar-refractivity contribution is 7.28. The smallest absolute Gasteiger partial charge is 0.325 e. The number of hydrogen-bond donors (Lipinski definition) is 1. The van der Waals surface area contributed by atoms with Crippen LogP contribution in [0.3, 0.4) is 0 Å². The molecule has 31 heavy (non-hydrogen) atoms. The first-order valence-corrected chi connectivity index (χ1v) is 12.1. The Kier molecular flexibility index (Phi) is 5.01. The molecule has 3 aliphatic heterocycles. The molecule has 2 aromatic heterocycles. The molecule has 0 aliphatic carbocycles. The van der Waals surface area contributed by atoms with Crippen LogP contribution in [0.15, 0.2) is 12.1 Å². The lowest BCUT2D eigenvalue weighted by molar-refractivity contribution is -0.138. The number of nitrogens with zero attached hydrogens (tertiary/aromatic N) is 3. The summed E-state index contributed by atoms with van der Waals surface area (Å²) in [7, 11) is 0. The lowest BCUT2D eigenvalue weighted by Gasteiger charge is -2.39. The number of piperidine rings is 1. The largest absolute Gasteiger partial charge is 0.341 e. The number of aryl methyl sites for hydroxylation is 1. The number of carbonyl (C=O) groups excluding carboxylic acids is 4. The number of amides is 5. The molecular formula is C21H24N4O4S2. The van der Waals surface area contributed by atoms with Gasteiger partial charge in [-0.05, 0) is 43.7 Å². The average Bonchev–Trinajstić information content (AvgIpc) is 3.48. The highest BCUT2D eigenvalue weighted by Crippen LogP contribution is 2.42. The second-order valence-electron chi connectivity index (χ2n) is 8.69. The molecule has 5 heterocycles. The van der Waals surface area contributed by atoms with Crippen LogP contribution < -0.4 is 5.32 Å². The molecule has 164 valence electrons. The van der Waals surface area contributed by atoms with Gasteiger partial charge in [0.1, 0.15) is 6.54 Å². The minimum absolute atomic E-state index is 0.0408. The summed E-state index contributed by atoms with van der Waals surface area (Å²) in [6, 6.07) is 3.65. The molecule has 5 rings (SSSR count). The van der Waals surface area contributed by atoms with Crippen molar-refractivity contribution in [2.24, 2.45) is 5.41 Å². The fourth-order valence-electron chi connectivity index (χ4n) is 4.82. The zero-order valence-electron chi connectivity index (χ0n) is 17.3. The van der Waals surface area contributed by atoms with Crippen LogP contribution >= 0.6 is 22.7 Å². The van der Waals surface area contributed by atoms with Crippen molar-refractivity contribution in [3.8, 4) is 0 Å². The average molecular weight is 461 g/mol. The third-order valence-electron chi connectivity index (χ3n) is 6.67. The van der Waals surface area contributed by atoms with Gasteiger partial charge in [-0.25, -0.2) is 4.79 Å². The fourth-order valence-corrected chi connectivity index (χ4v) is 7.10. The van der Waals surface area contributed by atoms with E-state index in [9.17, 15) is 19.2 Å². The van der Waals surface area contributed by atoms with Crippen molar-refractivity contribution in [3.05, 3.63) is 21.9 Å².